The van der Waals surface area contributed by atoms with Crippen LogP contribution in [0.25, 0.3) is 10.8 Å². The van der Waals surface area contributed by atoms with Crippen molar-refractivity contribution in [2.45, 2.75) is 6.04 Å². The number of halogens is 1. The third-order valence-corrected chi connectivity index (χ3v) is 4.28. The minimum absolute atomic E-state index is 0.0370. The number of anilines is 1. The number of aliphatic hydroxyl groups excluding tert-OH is 1. The van der Waals surface area contributed by atoms with Gasteiger partial charge in [-0.25, -0.2) is 0 Å². The summed E-state index contributed by atoms with van der Waals surface area (Å²) in [6, 6.07) is 22.2. The van der Waals surface area contributed by atoms with Crippen molar-refractivity contribution >= 4 is 32.4 Å². The van der Waals surface area contributed by atoms with E-state index in [-0.39, 0.29) is 12.6 Å². The summed E-state index contributed by atoms with van der Waals surface area (Å²) in [6.07, 6.45) is 0. The number of aliphatic hydroxyl groups is 1. The zero-order valence-corrected chi connectivity index (χ0v) is 13.0. The molecule has 0 amide bonds. The first-order valence-corrected chi connectivity index (χ1v) is 7.68. The van der Waals surface area contributed by atoms with Crippen LogP contribution in [0.15, 0.2) is 71.2 Å². The standard InChI is InChI=1S/C18H16BrNO/c19-16-10-3-4-11-17(16)20-18(12-21)15-9-5-7-13-6-1-2-8-14(13)15/h1-11,18,20-21H,12H2. The monoisotopic (exact) mass is 341 g/mol. The summed E-state index contributed by atoms with van der Waals surface area (Å²) in [5.41, 5.74) is 2.08. The molecular weight excluding hydrogens is 326 g/mol. The van der Waals surface area contributed by atoms with Crippen molar-refractivity contribution in [3.05, 3.63) is 76.8 Å². The Morgan fingerprint density at radius 2 is 1.62 bits per heavy atom. The molecular formula is C18H16BrNO. The molecule has 0 saturated carbocycles. The predicted molar refractivity (Wildman–Crippen MR) is 91.5 cm³/mol. The second-order valence-electron chi connectivity index (χ2n) is 4.93. The summed E-state index contributed by atoms with van der Waals surface area (Å²) in [7, 11) is 0. The largest absolute Gasteiger partial charge is 0.394 e. The van der Waals surface area contributed by atoms with Crippen molar-refractivity contribution in [2.24, 2.45) is 0 Å². The number of nitrogens with one attached hydrogen (secondary N) is 1. The van der Waals surface area contributed by atoms with Gasteiger partial charge in [0.25, 0.3) is 0 Å². The van der Waals surface area contributed by atoms with Crippen molar-refractivity contribution in [3.63, 3.8) is 0 Å². The fourth-order valence-corrected chi connectivity index (χ4v) is 2.94. The third kappa shape index (κ3) is 2.94. The Labute approximate surface area is 132 Å². The number of benzene rings is 3. The molecule has 0 fully saturated rings. The van der Waals surface area contributed by atoms with Gasteiger partial charge < -0.3 is 10.4 Å². The molecule has 3 aromatic carbocycles. The molecule has 3 rings (SSSR count). The van der Waals surface area contributed by atoms with Gasteiger partial charge in [0.15, 0.2) is 0 Å². The van der Waals surface area contributed by atoms with Crippen LogP contribution in [0.3, 0.4) is 0 Å². The van der Waals surface area contributed by atoms with E-state index >= 15 is 0 Å². The fraction of sp³-hybridized carbons (Fsp3) is 0.111. The number of hydrogen-bond donors (Lipinski definition) is 2. The molecule has 0 aliphatic carbocycles. The zero-order valence-electron chi connectivity index (χ0n) is 11.5. The van der Waals surface area contributed by atoms with Crippen LogP contribution >= 0.6 is 15.9 Å². The summed E-state index contributed by atoms with van der Waals surface area (Å²) >= 11 is 3.53. The molecule has 0 radical (unpaired) electrons. The molecule has 106 valence electrons. The molecule has 0 aromatic heterocycles. The minimum Gasteiger partial charge on any atom is -0.394 e. The van der Waals surface area contributed by atoms with Crippen molar-refractivity contribution in [1.82, 2.24) is 0 Å². The highest BCUT2D eigenvalue weighted by Gasteiger charge is 2.14. The number of para-hydroxylation sites is 1. The van der Waals surface area contributed by atoms with E-state index in [9.17, 15) is 5.11 Å². The second kappa shape index (κ2) is 6.29. The average molecular weight is 342 g/mol. The van der Waals surface area contributed by atoms with Gasteiger partial charge in [-0.1, -0.05) is 54.6 Å². The molecule has 3 aromatic rings. The van der Waals surface area contributed by atoms with Crippen LogP contribution in [0.2, 0.25) is 0 Å². The van der Waals surface area contributed by atoms with E-state index in [1.807, 2.05) is 42.5 Å². The Bertz CT molecular complexity index is 752. The Morgan fingerprint density at radius 1 is 0.905 bits per heavy atom. The molecule has 0 aliphatic rings. The SMILES string of the molecule is OCC(Nc1ccccc1Br)c1cccc2ccccc12. The number of fused-ring (bicyclic) bond motifs is 1. The Kier molecular flexibility index (Phi) is 4.23. The lowest BCUT2D eigenvalue weighted by Crippen LogP contribution is -2.15. The normalized spacial score (nSPS) is 12.3. The molecule has 3 heteroatoms. The molecule has 2 nitrogen and oxygen atoms in total. The Morgan fingerprint density at radius 3 is 2.43 bits per heavy atom. The lowest BCUT2D eigenvalue weighted by molar-refractivity contribution is 0.277. The topological polar surface area (TPSA) is 32.3 Å². The Hall–Kier alpha value is -1.84. The van der Waals surface area contributed by atoms with E-state index in [1.165, 1.54) is 10.8 Å². The predicted octanol–water partition coefficient (Wildman–Crippen LogP) is 4.75. The Balaban J connectivity index is 2.01. The first kappa shape index (κ1) is 14.1. The molecule has 0 spiro atoms. The van der Waals surface area contributed by atoms with Crippen LogP contribution in [0, 0.1) is 0 Å². The van der Waals surface area contributed by atoms with E-state index in [0.29, 0.717) is 0 Å². The van der Waals surface area contributed by atoms with E-state index in [2.05, 4.69) is 45.5 Å². The van der Waals surface area contributed by atoms with Gasteiger partial charge in [0.2, 0.25) is 0 Å². The molecule has 0 bridgehead atoms. The summed E-state index contributed by atoms with van der Waals surface area (Å²) in [5, 5.41) is 15.6. The van der Waals surface area contributed by atoms with Crippen molar-refractivity contribution < 1.29 is 5.11 Å². The maximum Gasteiger partial charge on any atom is 0.0751 e. The smallest absolute Gasteiger partial charge is 0.0751 e. The van der Waals surface area contributed by atoms with Crippen molar-refractivity contribution in [2.75, 3.05) is 11.9 Å². The van der Waals surface area contributed by atoms with Crippen molar-refractivity contribution in [1.29, 1.82) is 0 Å². The molecule has 21 heavy (non-hydrogen) atoms. The minimum atomic E-state index is -0.144. The summed E-state index contributed by atoms with van der Waals surface area (Å²) in [5.74, 6) is 0. The molecule has 0 aliphatic heterocycles. The lowest BCUT2D eigenvalue weighted by Gasteiger charge is -2.20. The average Bonchev–Trinajstić information content (AvgIpc) is 2.54. The molecule has 2 N–H and O–H groups in total. The number of hydrogen-bond acceptors (Lipinski definition) is 2. The van der Waals surface area contributed by atoms with Crippen LogP contribution in [-0.4, -0.2) is 11.7 Å². The van der Waals surface area contributed by atoms with E-state index in [0.717, 1.165) is 15.7 Å². The maximum atomic E-state index is 9.81. The van der Waals surface area contributed by atoms with E-state index < -0.39 is 0 Å². The third-order valence-electron chi connectivity index (χ3n) is 3.58. The van der Waals surface area contributed by atoms with Crippen LogP contribution < -0.4 is 5.32 Å². The van der Waals surface area contributed by atoms with Gasteiger partial charge in [0.1, 0.15) is 0 Å². The highest BCUT2D eigenvalue weighted by molar-refractivity contribution is 9.10. The van der Waals surface area contributed by atoms with Gasteiger partial charge >= 0.3 is 0 Å². The van der Waals surface area contributed by atoms with Crippen LogP contribution in [-0.2, 0) is 0 Å². The van der Waals surface area contributed by atoms with Gasteiger partial charge in [-0.3, -0.25) is 0 Å². The maximum absolute atomic E-state index is 9.81. The molecule has 0 heterocycles. The fourth-order valence-electron chi connectivity index (χ4n) is 2.54. The summed E-state index contributed by atoms with van der Waals surface area (Å²) < 4.78 is 0.990. The van der Waals surface area contributed by atoms with Gasteiger partial charge in [-0.05, 0) is 44.4 Å². The van der Waals surface area contributed by atoms with Gasteiger partial charge in [0.05, 0.1) is 12.6 Å². The summed E-state index contributed by atoms with van der Waals surface area (Å²) in [6.45, 7) is 0.0370. The zero-order chi connectivity index (χ0) is 14.7. The first-order chi connectivity index (χ1) is 10.3. The van der Waals surface area contributed by atoms with Gasteiger partial charge in [-0.15, -0.1) is 0 Å². The van der Waals surface area contributed by atoms with Crippen LogP contribution in [0.5, 0.6) is 0 Å². The van der Waals surface area contributed by atoms with E-state index in [1.54, 1.807) is 0 Å². The molecule has 1 atom stereocenters. The van der Waals surface area contributed by atoms with Crippen LogP contribution in [0.1, 0.15) is 11.6 Å². The first-order valence-electron chi connectivity index (χ1n) is 6.89. The summed E-state index contributed by atoms with van der Waals surface area (Å²) in [4.78, 5) is 0. The van der Waals surface area contributed by atoms with Crippen molar-refractivity contribution in [3.8, 4) is 0 Å². The number of rotatable bonds is 4. The van der Waals surface area contributed by atoms with E-state index in [4.69, 9.17) is 0 Å². The molecule has 0 saturated heterocycles. The van der Waals surface area contributed by atoms with Gasteiger partial charge in [0, 0.05) is 10.2 Å². The molecule has 1 unspecified atom stereocenters. The highest BCUT2D eigenvalue weighted by atomic mass is 79.9. The van der Waals surface area contributed by atoms with Gasteiger partial charge in [-0.2, -0.15) is 0 Å². The lowest BCUT2D eigenvalue weighted by atomic mass is 9.99. The van der Waals surface area contributed by atoms with Crippen LogP contribution in [0.4, 0.5) is 5.69 Å². The quantitative estimate of drug-likeness (QED) is 0.717. The second-order valence-corrected chi connectivity index (χ2v) is 5.78. The highest BCUT2D eigenvalue weighted by Crippen LogP contribution is 2.29.